The van der Waals surface area contributed by atoms with Crippen molar-refractivity contribution in [3.8, 4) is 0 Å². The quantitative estimate of drug-likeness (QED) is 0.348. The molecule has 0 aromatic heterocycles. The van der Waals surface area contributed by atoms with E-state index in [4.69, 9.17) is 11.1 Å². The lowest BCUT2D eigenvalue weighted by molar-refractivity contribution is 0.957. The molecule has 0 unspecified atom stereocenters. The smallest absolute Gasteiger partial charge is 0.154 e. The Hall–Kier alpha value is 0.247. The van der Waals surface area contributed by atoms with Gasteiger partial charge >= 0.3 is 0 Å². The van der Waals surface area contributed by atoms with E-state index in [9.17, 15) is 0 Å². The zero-order chi connectivity index (χ0) is 8.04. The van der Waals surface area contributed by atoms with E-state index in [0.717, 1.165) is 6.04 Å². The molecule has 0 aliphatic rings. The van der Waals surface area contributed by atoms with Gasteiger partial charge in [0.1, 0.15) is 0 Å². The maximum atomic E-state index is 6.10. The molecule has 0 bridgehead atoms. The Bertz CT molecular complexity index is 102. The third kappa shape index (κ3) is 8.25. The summed E-state index contributed by atoms with van der Waals surface area (Å²) in [6.07, 6.45) is 6.89. The molecule has 0 rings (SSSR count). The van der Waals surface area contributed by atoms with E-state index in [1.807, 2.05) is 0 Å². The van der Waals surface area contributed by atoms with Gasteiger partial charge in [0.05, 0.1) is 0 Å². The maximum Gasteiger partial charge on any atom is 0.154 e. The van der Waals surface area contributed by atoms with Crippen LogP contribution in [-0.2, 0) is 0 Å². The Kier molecular flexibility index (Phi) is 5.09. The molecule has 2 heteroatoms. The lowest BCUT2D eigenvalue weighted by atomic mass is 10.3. The second-order valence-corrected chi connectivity index (χ2v) is 10.1. The van der Waals surface area contributed by atoms with Gasteiger partial charge in [0.2, 0.25) is 0 Å². The van der Waals surface area contributed by atoms with E-state index in [2.05, 4.69) is 32.2 Å². The summed E-state index contributed by atoms with van der Waals surface area (Å²) >= 11 is 6.10. The van der Waals surface area contributed by atoms with E-state index in [-0.39, 0.29) is 0 Å². The zero-order valence-corrected chi connectivity index (χ0v) is 8.91. The van der Waals surface area contributed by atoms with Gasteiger partial charge in [0, 0.05) is 0 Å². The SMILES string of the molecule is CCCC=CC[Si](C)(C)Cl. The van der Waals surface area contributed by atoms with Crippen LogP contribution in [-0.4, -0.2) is 7.38 Å². The second-order valence-electron chi connectivity index (χ2n) is 3.18. The van der Waals surface area contributed by atoms with Crippen LogP contribution in [0.2, 0.25) is 19.1 Å². The molecular formula is C8H17ClSi. The third-order valence-corrected chi connectivity index (χ3v) is 2.89. The molecule has 10 heavy (non-hydrogen) atoms. The highest BCUT2D eigenvalue weighted by Gasteiger charge is 2.13. The van der Waals surface area contributed by atoms with Gasteiger partial charge in [0.15, 0.2) is 7.38 Å². The van der Waals surface area contributed by atoms with Crippen LogP contribution < -0.4 is 0 Å². The summed E-state index contributed by atoms with van der Waals surface area (Å²) in [5.41, 5.74) is 0. The number of hydrogen-bond acceptors (Lipinski definition) is 0. The second kappa shape index (κ2) is 4.97. The van der Waals surface area contributed by atoms with E-state index < -0.39 is 7.38 Å². The van der Waals surface area contributed by atoms with E-state index in [1.54, 1.807) is 0 Å². The van der Waals surface area contributed by atoms with Crippen molar-refractivity contribution in [3.05, 3.63) is 12.2 Å². The van der Waals surface area contributed by atoms with Crippen molar-refractivity contribution in [2.24, 2.45) is 0 Å². The van der Waals surface area contributed by atoms with Crippen molar-refractivity contribution in [1.29, 1.82) is 0 Å². The number of allylic oxidation sites excluding steroid dienone is 2. The van der Waals surface area contributed by atoms with Crippen LogP contribution in [0.4, 0.5) is 0 Å². The Labute approximate surface area is 70.0 Å². The number of hydrogen-bond donors (Lipinski definition) is 0. The molecule has 0 saturated carbocycles. The fourth-order valence-electron chi connectivity index (χ4n) is 0.648. The minimum absolute atomic E-state index is 1.11. The molecule has 60 valence electrons. The van der Waals surface area contributed by atoms with Crippen molar-refractivity contribution in [2.45, 2.75) is 38.9 Å². The van der Waals surface area contributed by atoms with Gasteiger partial charge in [-0.1, -0.05) is 38.6 Å². The number of rotatable bonds is 4. The molecule has 0 heterocycles. The molecule has 0 radical (unpaired) electrons. The van der Waals surface area contributed by atoms with Crippen molar-refractivity contribution < 1.29 is 0 Å². The van der Waals surface area contributed by atoms with E-state index in [0.29, 0.717) is 0 Å². The highest BCUT2D eigenvalue weighted by molar-refractivity contribution is 7.19. The molecule has 0 saturated heterocycles. The Balaban J connectivity index is 3.34. The lowest BCUT2D eigenvalue weighted by Gasteiger charge is -2.07. The molecule has 0 spiro atoms. The standard InChI is InChI=1S/C8H17ClSi/c1-4-5-6-7-8-10(2,3)9/h6-7H,4-5,8H2,1-3H3. The number of unbranched alkanes of at least 4 members (excludes halogenated alkanes) is 1. The van der Waals surface area contributed by atoms with Crippen LogP contribution >= 0.6 is 11.1 Å². The van der Waals surface area contributed by atoms with Gasteiger partial charge in [-0.2, -0.15) is 11.1 Å². The summed E-state index contributed by atoms with van der Waals surface area (Å²) in [7, 11) is -1.32. The summed E-state index contributed by atoms with van der Waals surface area (Å²) in [5, 5.41) is 0. The zero-order valence-electron chi connectivity index (χ0n) is 7.15. The number of halogens is 1. The molecule has 0 aliphatic carbocycles. The van der Waals surface area contributed by atoms with Crippen molar-refractivity contribution in [3.63, 3.8) is 0 Å². The first-order chi connectivity index (χ1) is 4.56. The summed E-state index contributed by atoms with van der Waals surface area (Å²) in [6, 6.07) is 1.11. The summed E-state index contributed by atoms with van der Waals surface area (Å²) in [6.45, 7) is 6.53. The Morgan fingerprint density at radius 3 is 2.30 bits per heavy atom. The predicted octanol–water partition coefficient (Wildman–Crippen LogP) is 3.79. The van der Waals surface area contributed by atoms with Crippen LogP contribution in [0, 0.1) is 0 Å². The molecule has 0 amide bonds. The van der Waals surface area contributed by atoms with E-state index >= 15 is 0 Å². The molecule has 0 aliphatic heterocycles. The molecular weight excluding hydrogens is 160 g/mol. The molecule has 0 aromatic rings. The Morgan fingerprint density at radius 1 is 1.30 bits per heavy atom. The van der Waals surface area contributed by atoms with E-state index in [1.165, 1.54) is 12.8 Å². The van der Waals surface area contributed by atoms with Crippen LogP contribution in [0.1, 0.15) is 19.8 Å². The highest BCUT2D eigenvalue weighted by atomic mass is 35.6. The minimum Gasteiger partial charge on any atom is -0.167 e. The van der Waals surface area contributed by atoms with Gasteiger partial charge in [-0.25, -0.2) is 0 Å². The fraction of sp³-hybridized carbons (Fsp3) is 0.750. The maximum absolute atomic E-state index is 6.10. The molecule has 0 aromatic carbocycles. The predicted molar refractivity (Wildman–Crippen MR) is 52.2 cm³/mol. The molecule has 0 atom stereocenters. The van der Waals surface area contributed by atoms with Crippen LogP contribution in [0.5, 0.6) is 0 Å². The summed E-state index contributed by atoms with van der Waals surface area (Å²) in [5.74, 6) is 0. The average molecular weight is 177 g/mol. The monoisotopic (exact) mass is 176 g/mol. The van der Waals surface area contributed by atoms with Crippen molar-refractivity contribution in [2.75, 3.05) is 0 Å². The van der Waals surface area contributed by atoms with Gasteiger partial charge < -0.3 is 0 Å². The normalized spacial score (nSPS) is 12.8. The van der Waals surface area contributed by atoms with Crippen molar-refractivity contribution >= 4 is 18.5 Å². The summed E-state index contributed by atoms with van der Waals surface area (Å²) in [4.78, 5) is 0. The highest BCUT2D eigenvalue weighted by Crippen LogP contribution is 2.14. The van der Waals surface area contributed by atoms with Gasteiger partial charge in [0.25, 0.3) is 0 Å². The van der Waals surface area contributed by atoms with Gasteiger partial charge in [-0.3, -0.25) is 0 Å². The Morgan fingerprint density at radius 2 is 1.90 bits per heavy atom. The third-order valence-electron chi connectivity index (χ3n) is 1.23. The van der Waals surface area contributed by atoms with Gasteiger partial charge in [-0.05, 0) is 12.5 Å². The first-order valence-electron chi connectivity index (χ1n) is 3.90. The molecule has 0 nitrogen and oxygen atoms in total. The summed E-state index contributed by atoms with van der Waals surface area (Å²) < 4.78 is 0. The lowest BCUT2D eigenvalue weighted by Crippen LogP contribution is -2.13. The minimum atomic E-state index is -1.32. The van der Waals surface area contributed by atoms with Crippen LogP contribution in [0.15, 0.2) is 12.2 Å². The van der Waals surface area contributed by atoms with Crippen molar-refractivity contribution in [1.82, 2.24) is 0 Å². The largest absolute Gasteiger partial charge is 0.167 e. The van der Waals surface area contributed by atoms with Crippen LogP contribution in [0.25, 0.3) is 0 Å². The molecule has 0 N–H and O–H groups in total. The first kappa shape index (κ1) is 10.2. The first-order valence-corrected chi connectivity index (χ1v) is 8.12. The average Bonchev–Trinajstić information content (AvgIpc) is 1.78. The molecule has 0 fully saturated rings. The van der Waals surface area contributed by atoms with Crippen LogP contribution in [0.3, 0.4) is 0 Å². The van der Waals surface area contributed by atoms with Gasteiger partial charge in [-0.15, -0.1) is 0 Å². The fourth-order valence-corrected chi connectivity index (χ4v) is 1.64. The topological polar surface area (TPSA) is 0 Å².